The molecule has 0 aliphatic carbocycles. The van der Waals surface area contributed by atoms with Gasteiger partial charge in [-0.15, -0.1) is 0 Å². The third-order valence-corrected chi connectivity index (χ3v) is 9.48. The Bertz CT molecular complexity index is 2500. The van der Waals surface area contributed by atoms with E-state index in [4.69, 9.17) is 4.18 Å². The highest BCUT2D eigenvalue weighted by Crippen LogP contribution is 2.39. The lowest BCUT2D eigenvalue weighted by Crippen LogP contribution is -2.28. The van der Waals surface area contributed by atoms with Gasteiger partial charge in [-0.2, -0.15) is 26.9 Å². The summed E-state index contributed by atoms with van der Waals surface area (Å²) < 4.78 is 69.0. The zero-order valence-corrected chi connectivity index (χ0v) is 26.1. The predicted molar refractivity (Wildman–Crippen MR) is 183 cm³/mol. The lowest BCUT2D eigenvalue weighted by atomic mass is 9.89. The Hall–Kier alpha value is -5.65. The smallest absolute Gasteiger partial charge is 0.376 e. The van der Waals surface area contributed by atoms with Gasteiger partial charge in [0.2, 0.25) is 0 Å². The molecule has 0 atom stereocenters. The molecule has 0 N–H and O–H groups in total. The second-order valence-electron chi connectivity index (χ2n) is 11.6. The van der Waals surface area contributed by atoms with Crippen molar-refractivity contribution in [3.63, 3.8) is 0 Å². The molecule has 0 fully saturated rings. The van der Waals surface area contributed by atoms with Crippen molar-refractivity contribution in [2.24, 2.45) is 0 Å². The van der Waals surface area contributed by atoms with Crippen LogP contribution in [0, 0.1) is 11.3 Å². The highest BCUT2D eigenvalue weighted by atomic mass is 32.2. The van der Waals surface area contributed by atoms with Gasteiger partial charge in [-0.1, -0.05) is 97.1 Å². The number of hydrogen-bond donors (Lipinski definition) is 0. The van der Waals surface area contributed by atoms with Gasteiger partial charge in [0, 0.05) is 12.0 Å². The van der Waals surface area contributed by atoms with Gasteiger partial charge in [-0.3, -0.25) is 0 Å². The van der Waals surface area contributed by atoms with E-state index in [0.717, 1.165) is 49.0 Å². The average molecular weight is 658 g/mol. The molecule has 0 unspecified atom stereocenters. The summed E-state index contributed by atoms with van der Waals surface area (Å²) in [7, 11) is -5.91. The van der Waals surface area contributed by atoms with Crippen LogP contribution in [0.1, 0.15) is 27.8 Å². The second kappa shape index (κ2) is 12.2. The largest absolute Gasteiger partial charge is 0.534 e. The molecule has 236 valence electrons. The summed E-state index contributed by atoms with van der Waals surface area (Å²) in [5.41, 5.74) is -0.635. The van der Waals surface area contributed by atoms with E-state index in [1.807, 2.05) is 48.5 Å². The van der Waals surface area contributed by atoms with Crippen molar-refractivity contribution in [3.8, 4) is 22.9 Å². The van der Waals surface area contributed by atoms with Crippen LogP contribution in [0.15, 0.2) is 133 Å². The van der Waals surface area contributed by atoms with Crippen LogP contribution in [-0.4, -0.2) is 13.9 Å². The van der Waals surface area contributed by atoms with Crippen molar-refractivity contribution < 1.29 is 25.8 Å². The molecule has 48 heavy (non-hydrogen) atoms. The number of halogens is 3. The van der Waals surface area contributed by atoms with Gasteiger partial charge in [0.15, 0.2) is 0 Å². The molecular formula is C40H26F3NO3S. The molecule has 0 aliphatic rings. The third-order valence-electron chi connectivity index (χ3n) is 8.52. The van der Waals surface area contributed by atoms with Gasteiger partial charge in [0.25, 0.3) is 0 Å². The zero-order chi connectivity index (χ0) is 33.5. The summed E-state index contributed by atoms with van der Waals surface area (Å²) >= 11 is 0. The molecule has 7 rings (SSSR count). The topological polar surface area (TPSA) is 67.2 Å². The highest BCUT2D eigenvalue weighted by Gasteiger charge is 2.48. The van der Waals surface area contributed by atoms with Crippen LogP contribution in [0.4, 0.5) is 13.2 Å². The minimum Gasteiger partial charge on any atom is -0.376 e. The third kappa shape index (κ3) is 5.96. The standard InChI is InChI=1S/C40H26F3NO3S/c41-40(42,43)48(45,46)47-38-14-6-11-31(36(38)21-26-15-17-27(25-44)18-16-26)19-28-7-5-12-33(20-28)39-35-13-4-3-10-32(35)23-34-22-29-8-1-2-9-30(29)24-37(34)39/h1-18,20,22-24H,19,21H2. The Balaban J connectivity index is 1.35. The van der Waals surface area contributed by atoms with Crippen molar-refractivity contribution in [2.45, 2.75) is 18.3 Å². The first-order valence-corrected chi connectivity index (χ1v) is 16.5. The van der Waals surface area contributed by atoms with Gasteiger partial charge in [0.05, 0.1) is 11.6 Å². The molecule has 0 bridgehead atoms. The van der Waals surface area contributed by atoms with E-state index in [-0.39, 0.29) is 6.42 Å². The van der Waals surface area contributed by atoms with Gasteiger partial charge in [-0.25, -0.2) is 0 Å². The lowest BCUT2D eigenvalue weighted by Gasteiger charge is -2.17. The fourth-order valence-corrected chi connectivity index (χ4v) is 6.73. The number of benzene rings is 7. The van der Waals surface area contributed by atoms with Crippen LogP contribution in [0.5, 0.6) is 5.75 Å². The molecule has 0 spiro atoms. The van der Waals surface area contributed by atoms with Crippen molar-refractivity contribution >= 4 is 42.4 Å². The van der Waals surface area contributed by atoms with Gasteiger partial charge in [-0.05, 0) is 103 Å². The van der Waals surface area contributed by atoms with Crippen LogP contribution in [0.3, 0.4) is 0 Å². The van der Waals surface area contributed by atoms with Crippen LogP contribution < -0.4 is 4.18 Å². The molecular weight excluding hydrogens is 632 g/mol. The summed E-state index contributed by atoms with van der Waals surface area (Å²) in [6, 6.07) is 44.2. The van der Waals surface area contributed by atoms with Gasteiger partial charge >= 0.3 is 15.6 Å². The lowest BCUT2D eigenvalue weighted by molar-refractivity contribution is -0.0500. The molecule has 0 saturated heterocycles. The molecule has 7 aromatic rings. The van der Waals surface area contributed by atoms with Gasteiger partial charge < -0.3 is 4.18 Å². The first-order valence-electron chi connectivity index (χ1n) is 15.1. The maximum absolute atomic E-state index is 13.4. The van der Waals surface area contributed by atoms with E-state index in [2.05, 4.69) is 48.5 Å². The number of nitriles is 1. The molecule has 0 aromatic heterocycles. The van der Waals surface area contributed by atoms with E-state index in [0.29, 0.717) is 28.7 Å². The molecule has 4 nitrogen and oxygen atoms in total. The molecule has 0 amide bonds. The maximum atomic E-state index is 13.4. The van der Waals surface area contributed by atoms with Crippen molar-refractivity contribution in [2.75, 3.05) is 0 Å². The Kier molecular flexibility index (Phi) is 7.86. The summed E-state index contributed by atoms with van der Waals surface area (Å²) in [6.45, 7) is 0. The van der Waals surface area contributed by atoms with Crippen LogP contribution in [-0.2, 0) is 23.0 Å². The monoisotopic (exact) mass is 657 g/mol. The molecule has 0 heterocycles. The molecule has 7 aromatic carbocycles. The minimum atomic E-state index is -5.91. The number of fused-ring (bicyclic) bond motifs is 3. The van der Waals surface area contributed by atoms with E-state index < -0.39 is 21.4 Å². The second-order valence-corrected chi connectivity index (χ2v) is 13.2. The highest BCUT2D eigenvalue weighted by molar-refractivity contribution is 7.88. The SMILES string of the molecule is N#Cc1ccc(Cc2c(Cc3cccc(-c4c5ccccc5cc5cc6ccccc6cc45)c3)cccc2OS(=O)(=O)C(F)(F)F)cc1. The fraction of sp³-hybridized carbons (Fsp3) is 0.0750. The van der Waals surface area contributed by atoms with Crippen molar-refractivity contribution in [1.29, 1.82) is 5.26 Å². The Morgan fingerprint density at radius 3 is 2.02 bits per heavy atom. The number of rotatable bonds is 7. The van der Waals surface area contributed by atoms with Crippen LogP contribution in [0.25, 0.3) is 43.4 Å². The summed E-state index contributed by atoms with van der Waals surface area (Å²) in [5, 5.41) is 15.9. The Morgan fingerprint density at radius 2 is 1.29 bits per heavy atom. The van der Waals surface area contributed by atoms with Crippen molar-refractivity contribution in [3.05, 3.63) is 161 Å². The van der Waals surface area contributed by atoms with E-state index in [9.17, 15) is 26.9 Å². The molecule has 8 heteroatoms. The van der Waals surface area contributed by atoms with Crippen molar-refractivity contribution in [1.82, 2.24) is 0 Å². The number of nitrogens with zero attached hydrogens (tertiary/aromatic N) is 1. The van der Waals surface area contributed by atoms with Gasteiger partial charge in [0.1, 0.15) is 5.75 Å². The minimum absolute atomic E-state index is 0.0886. The van der Waals surface area contributed by atoms with E-state index >= 15 is 0 Å². The quantitative estimate of drug-likeness (QED) is 0.0972. The molecule has 0 saturated carbocycles. The zero-order valence-electron chi connectivity index (χ0n) is 25.3. The summed E-state index contributed by atoms with van der Waals surface area (Å²) in [5.74, 6) is -0.391. The molecule has 0 radical (unpaired) electrons. The first-order chi connectivity index (χ1) is 23.1. The average Bonchev–Trinajstić information content (AvgIpc) is 3.07. The Morgan fingerprint density at radius 1 is 0.625 bits per heavy atom. The first kappa shape index (κ1) is 31.0. The predicted octanol–water partition coefficient (Wildman–Crippen LogP) is 10.1. The molecule has 0 aliphatic heterocycles. The Labute approximate surface area is 275 Å². The summed E-state index contributed by atoms with van der Waals surface area (Å²) in [6.07, 6.45) is 0.389. The van der Waals surface area contributed by atoms with E-state index in [1.165, 1.54) is 12.1 Å². The fourth-order valence-electron chi connectivity index (χ4n) is 6.25. The number of alkyl halides is 3. The van der Waals surface area contributed by atoms with E-state index in [1.54, 1.807) is 30.3 Å². The maximum Gasteiger partial charge on any atom is 0.534 e. The van der Waals surface area contributed by atoms with Crippen LogP contribution >= 0.6 is 0 Å². The number of hydrogen-bond acceptors (Lipinski definition) is 4. The normalized spacial score (nSPS) is 12.0. The van der Waals surface area contributed by atoms with Crippen LogP contribution in [0.2, 0.25) is 0 Å². The summed E-state index contributed by atoms with van der Waals surface area (Å²) in [4.78, 5) is 0.